The summed E-state index contributed by atoms with van der Waals surface area (Å²) in [4.78, 5) is 10.4. The van der Waals surface area contributed by atoms with Crippen LogP contribution < -0.4 is 5.32 Å². The van der Waals surface area contributed by atoms with E-state index in [0.29, 0.717) is 6.42 Å². The minimum Gasteiger partial charge on any atom is -0.481 e. The Morgan fingerprint density at radius 3 is 2.87 bits per heavy atom. The summed E-state index contributed by atoms with van der Waals surface area (Å²) >= 11 is 0. The first-order valence-corrected chi connectivity index (χ1v) is 5.11. The molecule has 15 heavy (non-hydrogen) atoms. The van der Waals surface area contributed by atoms with Gasteiger partial charge in [0.15, 0.2) is 0 Å². The number of carboxylic acid groups (broad SMARTS) is 1. The zero-order valence-corrected chi connectivity index (χ0v) is 9.06. The van der Waals surface area contributed by atoms with Crippen molar-refractivity contribution in [3.63, 3.8) is 0 Å². The SMILES string of the molecule is CC(CCC(=O)O)N[C@@H](C)c1ccco1. The predicted octanol–water partition coefficient (Wildman–Crippen LogP) is 2.18. The average molecular weight is 211 g/mol. The molecule has 0 radical (unpaired) electrons. The number of aliphatic carboxylic acids is 1. The molecular formula is C11H17NO3. The largest absolute Gasteiger partial charge is 0.481 e. The van der Waals surface area contributed by atoms with Crippen LogP contribution in [0.25, 0.3) is 0 Å². The van der Waals surface area contributed by atoms with Crippen molar-refractivity contribution in [2.45, 2.75) is 38.8 Å². The fraction of sp³-hybridized carbons (Fsp3) is 0.545. The van der Waals surface area contributed by atoms with Crippen molar-refractivity contribution in [2.24, 2.45) is 0 Å². The highest BCUT2D eigenvalue weighted by Crippen LogP contribution is 2.13. The highest BCUT2D eigenvalue weighted by atomic mass is 16.4. The summed E-state index contributed by atoms with van der Waals surface area (Å²) in [6.45, 7) is 3.97. The van der Waals surface area contributed by atoms with Crippen molar-refractivity contribution in [1.29, 1.82) is 0 Å². The molecule has 0 saturated heterocycles. The van der Waals surface area contributed by atoms with E-state index in [9.17, 15) is 4.79 Å². The van der Waals surface area contributed by atoms with E-state index in [-0.39, 0.29) is 18.5 Å². The van der Waals surface area contributed by atoms with Crippen molar-refractivity contribution >= 4 is 5.97 Å². The molecule has 0 aliphatic rings. The summed E-state index contributed by atoms with van der Waals surface area (Å²) in [6, 6.07) is 4.03. The summed E-state index contributed by atoms with van der Waals surface area (Å²) in [5.41, 5.74) is 0. The molecule has 1 aromatic rings. The van der Waals surface area contributed by atoms with Crippen LogP contribution in [0.1, 0.15) is 38.5 Å². The Labute approximate surface area is 89.3 Å². The molecule has 2 atom stereocenters. The van der Waals surface area contributed by atoms with Gasteiger partial charge in [-0.15, -0.1) is 0 Å². The van der Waals surface area contributed by atoms with Crippen LogP contribution in [0.2, 0.25) is 0 Å². The fourth-order valence-corrected chi connectivity index (χ4v) is 1.47. The fourth-order valence-electron chi connectivity index (χ4n) is 1.47. The number of carboxylic acids is 1. The second-order valence-electron chi connectivity index (χ2n) is 3.74. The van der Waals surface area contributed by atoms with Gasteiger partial charge in [0.1, 0.15) is 5.76 Å². The van der Waals surface area contributed by atoms with Gasteiger partial charge in [-0.2, -0.15) is 0 Å². The Kier molecular flexibility index (Phi) is 4.37. The number of hydrogen-bond donors (Lipinski definition) is 2. The van der Waals surface area contributed by atoms with Crippen molar-refractivity contribution in [2.75, 3.05) is 0 Å². The number of hydrogen-bond acceptors (Lipinski definition) is 3. The average Bonchev–Trinajstić information content (AvgIpc) is 2.67. The molecule has 0 aromatic carbocycles. The quantitative estimate of drug-likeness (QED) is 0.757. The monoisotopic (exact) mass is 211 g/mol. The Hall–Kier alpha value is -1.29. The van der Waals surface area contributed by atoms with Crippen LogP contribution in [0.5, 0.6) is 0 Å². The molecule has 84 valence electrons. The number of rotatable bonds is 6. The normalized spacial score (nSPS) is 14.8. The second kappa shape index (κ2) is 5.56. The third-order valence-corrected chi connectivity index (χ3v) is 2.30. The Balaban J connectivity index is 2.31. The minimum atomic E-state index is -0.755. The van der Waals surface area contributed by atoms with Gasteiger partial charge >= 0.3 is 5.97 Å². The highest BCUT2D eigenvalue weighted by Gasteiger charge is 2.12. The van der Waals surface area contributed by atoms with Crippen LogP contribution in [-0.2, 0) is 4.79 Å². The maximum Gasteiger partial charge on any atom is 0.303 e. The molecule has 0 amide bonds. The molecule has 0 aliphatic carbocycles. The van der Waals surface area contributed by atoms with Crippen molar-refractivity contribution in [1.82, 2.24) is 5.32 Å². The van der Waals surface area contributed by atoms with E-state index in [4.69, 9.17) is 9.52 Å². The molecule has 0 saturated carbocycles. The molecule has 2 N–H and O–H groups in total. The lowest BCUT2D eigenvalue weighted by molar-refractivity contribution is -0.137. The maximum absolute atomic E-state index is 10.4. The Morgan fingerprint density at radius 1 is 1.60 bits per heavy atom. The van der Waals surface area contributed by atoms with Gasteiger partial charge in [0, 0.05) is 12.5 Å². The van der Waals surface area contributed by atoms with E-state index < -0.39 is 5.97 Å². The smallest absolute Gasteiger partial charge is 0.303 e. The predicted molar refractivity (Wildman–Crippen MR) is 56.6 cm³/mol. The van der Waals surface area contributed by atoms with Crippen LogP contribution in [0.3, 0.4) is 0 Å². The van der Waals surface area contributed by atoms with E-state index in [0.717, 1.165) is 5.76 Å². The van der Waals surface area contributed by atoms with Crippen molar-refractivity contribution in [3.8, 4) is 0 Å². The van der Waals surface area contributed by atoms with Gasteiger partial charge in [-0.1, -0.05) is 0 Å². The molecule has 4 nitrogen and oxygen atoms in total. The molecule has 1 rings (SSSR count). The van der Waals surface area contributed by atoms with Gasteiger partial charge in [0.2, 0.25) is 0 Å². The standard InChI is InChI=1S/C11H17NO3/c1-8(5-6-11(13)14)12-9(2)10-4-3-7-15-10/h3-4,7-9,12H,5-6H2,1-2H3,(H,13,14)/t8?,9-/m0/s1. The summed E-state index contributed by atoms with van der Waals surface area (Å²) < 4.78 is 5.24. The lowest BCUT2D eigenvalue weighted by Crippen LogP contribution is -2.29. The van der Waals surface area contributed by atoms with Crippen molar-refractivity contribution < 1.29 is 14.3 Å². The summed E-state index contributed by atoms with van der Waals surface area (Å²) in [6.07, 6.45) is 2.45. The van der Waals surface area contributed by atoms with Gasteiger partial charge in [-0.3, -0.25) is 4.79 Å². The van der Waals surface area contributed by atoms with E-state index in [2.05, 4.69) is 5.32 Å². The van der Waals surface area contributed by atoms with E-state index >= 15 is 0 Å². The molecular weight excluding hydrogens is 194 g/mol. The molecule has 0 spiro atoms. The molecule has 1 aromatic heterocycles. The van der Waals surface area contributed by atoms with Gasteiger partial charge in [0.05, 0.1) is 12.3 Å². The zero-order valence-electron chi connectivity index (χ0n) is 9.06. The molecule has 1 unspecified atom stereocenters. The first-order chi connectivity index (χ1) is 7.09. The van der Waals surface area contributed by atoms with Gasteiger partial charge < -0.3 is 14.8 Å². The number of carbonyl (C=O) groups is 1. The van der Waals surface area contributed by atoms with Crippen molar-refractivity contribution in [3.05, 3.63) is 24.2 Å². The van der Waals surface area contributed by atoms with Crippen LogP contribution >= 0.6 is 0 Å². The lowest BCUT2D eigenvalue weighted by atomic mass is 10.1. The summed E-state index contributed by atoms with van der Waals surface area (Å²) in [7, 11) is 0. The zero-order chi connectivity index (χ0) is 11.3. The van der Waals surface area contributed by atoms with Crippen LogP contribution in [0.4, 0.5) is 0 Å². The Bertz CT molecular complexity index is 295. The highest BCUT2D eigenvalue weighted by molar-refractivity contribution is 5.66. The number of furan rings is 1. The molecule has 0 bridgehead atoms. The van der Waals surface area contributed by atoms with Gasteiger partial charge in [-0.05, 0) is 32.4 Å². The van der Waals surface area contributed by atoms with E-state index in [1.807, 2.05) is 26.0 Å². The van der Waals surface area contributed by atoms with Gasteiger partial charge in [0.25, 0.3) is 0 Å². The first-order valence-electron chi connectivity index (χ1n) is 5.11. The van der Waals surface area contributed by atoms with Gasteiger partial charge in [-0.25, -0.2) is 0 Å². The van der Waals surface area contributed by atoms with E-state index in [1.54, 1.807) is 6.26 Å². The second-order valence-corrected chi connectivity index (χ2v) is 3.74. The third-order valence-electron chi connectivity index (χ3n) is 2.30. The summed E-state index contributed by atoms with van der Waals surface area (Å²) in [5.74, 6) is 0.117. The topological polar surface area (TPSA) is 62.5 Å². The Morgan fingerprint density at radius 2 is 2.33 bits per heavy atom. The molecule has 0 aliphatic heterocycles. The van der Waals surface area contributed by atoms with Crippen LogP contribution in [0, 0.1) is 0 Å². The maximum atomic E-state index is 10.4. The lowest BCUT2D eigenvalue weighted by Gasteiger charge is -2.17. The molecule has 4 heteroatoms. The molecule has 1 heterocycles. The third kappa shape index (κ3) is 4.16. The van der Waals surface area contributed by atoms with E-state index in [1.165, 1.54) is 0 Å². The summed E-state index contributed by atoms with van der Waals surface area (Å²) in [5, 5.41) is 11.8. The first kappa shape index (κ1) is 11.8. The van der Waals surface area contributed by atoms with Crippen LogP contribution in [0.15, 0.2) is 22.8 Å². The number of nitrogens with one attached hydrogen (secondary N) is 1. The minimum absolute atomic E-state index is 0.115. The molecule has 0 fully saturated rings. The van der Waals surface area contributed by atoms with Crippen LogP contribution in [-0.4, -0.2) is 17.1 Å².